The van der Waals surface area contributed by atoms with Gasteiger partial charge in [-0.3, -0.25) is 4.79 Å². The van der Waals surface area contributed by atoms with E-state index in [9.17, 15) is 4.79 Å². The zero-order valence-corrected chi connectivity index (χ0v) is 17.8. The largest absolute Gasteiger partial charge is 0.368 e. The van der Waals surface area contributed by atoms with Crippen molar-refractivity contribution in [3.05, 3.63) is 58.5 Å². The minimum absolute atomic E-state index is 0.227. The van der Waals surface area contributed by atoms with Crippen LogP contribution < -0.4 is 4.90 Å². The maximum atomic E-state index is 12.8. The van der Waals surface area contributed by atoms with E-state index in [1.807, 2.05) is 29.3 Å². The van der Waals surface area contributed by atoms with Gasteiger partial charge in [0, 0.05) is 55.7 Å². The number of para-hydroxylation sites is 1. The first-order chi connectivity index (χ1) is 13.9. The summed E-state index contributed by atoms with van der Waals surface area (Å²) in [5.74, 6) is 0.227. The van der Waals surface area contributed by atoms with Crippen molar-refractivity contribution < 1.29 is 4.79 Å². The van der Waals surface area contributed by atoms with E-state index >= 15 is 0 Å². The van der Waals surface area contributed by atoms with Crippen LogP contribution in [0.5, 0.6) is 0 Å². The number of aryl methyl sites for hydroxylation is 4. The molecule has 29 heavy (non-hydrogen) atoms. The van der Waals surface area contributed by atoms with Crippen LogP contribution in [-0.4, -0.2) is 51.6 Å². The van der Waals surface area contributed by atoms with Gasteiger partial charge in [-0.1, -0.05) is 18.2 Å². The van der Waals surface area contributed by atoms with Crippen LogP contribution in [0.1, 0.15) is 34.6 Å². The highest BCUT2D eigenvalue weighted by Crippen LogP contribution is 2.22. The van der Waals surface area contributed by atoms with E-state index in [0.29, 0.717) is 12.8 Å². The second-order valence-electron chi connectivity index (χ2n) is 7.97. The number of piperazine rings is 1. The Bertz CT molecular complexity index is 1050. The second-order valence-corrected chi connectivity index (χ2v) is 7.97. The lowest BCUT2D eigenvalue weighted by Crippen LogP contribution is -2.49. The lowest BCUT2D eigenvalue weighted by atomic mass is 10.1. The molecule has 6 nitrogen and oxygen atoms in total. The number of aromatic nitrogens is 3. The molecule has 1 aliphatic heterocycles. The van der Waals surface area contributed by atoms with Gasteiger partial charge in [-0.25, -0.2) is 9.50 Å². The molecule has 1 saturated heterocycles. The van der Waals surface area contributed by atoms with Crippen molar-refractivity contribution in [2.45, 2.75) is 40.5 Å². The van der Waals surface area contributed by atoms with E-state index < -0.39 is 0 Å². The summed E-state index contributed by atoms with van der Waals surface area (Å²) in [7, 11) is 0. The topological polar surface area (TPSA) is 53.7 Å². The van der Waals surface area contributed by atoms with Crippen LogP contribution in [-0.2, 0) is 11.2 Å². The lowest BCUT2D eigenvalue weighted by Gasteiger charge is -2.37. The average Bonchev–Trinajstić information content (AvgIpc) is 3.08. The van der Waals surface area contributed by atoms with Gasteiger partial charge in [0.15, 0.2) is 5.65 Å². The molecule has 0 N–H and O–H groups in total. The zero-order valence-electron chi connectivity index (χ0n) is 17.8. The van der Waals surface area contributed by atoms with E-state index in [2.05, 4.69) is 53.1 Å². The summed E-state index contributed by atoms with van der Waals surface area (Å²) in [6.07, 6.45) is 1.22. The van der Waals surface area contributed by atoms with Crippen LogP contribution >= 0.6 is 0 Å². The predicted octanol–water partition coefficient (Wildman–Crippen LogP) is 3.24. The summed E-state index contributed by atoms with van der Waals surface area (Å²) in [4.78, 5) is 21.9. The smallest absolute Gasteiger partial charge is 0.223 e. The maximum absolute atomic E-state index is 12.8. The monoisotopic (exact) mass is 391 g/mol. The van der Waals surface area contributed by atoms with Crippen LogP contribution in [0.3, 0.4) is 0 Å². The predicted molar refractivity (Wildman–Crippen MR) is 115 cm³/mol. The molecule has 1 aromatic carbocycles. The van der Waals surface area contributed by atoms with Crippen molar-refractivity contribution in [3.63, 3.8) is 0 Å². The Hall–Kier alpha value is -2.89. The molecular weight excluding hydrogens is 362 g/mol. The lowest BCUT2D eigenvalue weighted by molar-refractivity contribution is -0.131. The SMILES string of the molecule is Cc1cc2nc(C)c(CCC(=O)N3CCN(c4ccccc4C)CC3)c(C)n2n1. The molecule has 0 saturated carbocycles. The Morgan fingerprint density at radius 1 is 1.03 bits per heavy atom. The summed E-state index contributed by atoms with van der Waals surface area (Å²) >= 11 is 0. The highest BCUT2D eigenvalue weighted by atomic mass is 16.2. The summed E-state index contributed by atoms with van der Waals surface area (Å²) < 4.78 is 1.89. The molecule has 2 aromatic heterocycles. The number of carbonyl (C=O) groups is 1. The first kappa shape index (κ1) is 19.4. The van der Waals surface area contributed by atoms with E-state index in [4.69, 9.17) is 0 Å². The number of hydrogen-bond acceptors (Lipinski definition) is 4. The van der Waals surface area contributed by atoms with E-state index in [1.165, 1.54) is 11.3 Å². The fraction of sp³-hybridized carbons (Fsp3) is 0.435. The number of nitrogens with zero attached hydrogens (tertiary/aromatic N) is 5. The highest BCUT2D eigenvalue weighted by molar-refractivity contribution is 5.77. The molecule has 1 amide bonds. The third-order valence-corrected chi connectivity index (χ3v) is 5.96. The Morgan fingerprint density at radius 3 is 2.48 bits per heavy atom. The van der Waals surface area contributed by atoms with Gasteiger partial charge in [0.1, 0.15) is 0 Å². The fourth-order valence-electron chi connectivity index (χ4n) is 4.31. The molecular formula is C23H29N5O. The highest BCUT2D eigenvalue weighted by Gasteiger charge is 2.22. The normalized spacial score (nSPS) is 14.6. The molecule has 4 rings (SSSR count). The number of amides is 1. The number of anilines is 1. The summed E-state index contributed by atoms with van der Waals surface area (Å²) in [5.41, 5.74) is 7.60. The van der Waals surface area contributed by atoms with E-state index in [-0.39, 0.29) is 5.91 Å². The Labute approximate surface area is 172 Å². The Balaban J connectivity index is 1.39. The van der Waals surface area contributed by atoms with Crippen molar-refractivity contribution in [1.82, 2.24) is 19.5 Å². The van der Waals surface area contributed by atoms with Crippen LogP contribution in [0, 0.1) is 27.7 Å². The van der Waals surface area contributed by atoms with Crippen LogP contribution in [0.15, 0.2) is 30.3 Å². The molecule has 0 atom stereocenters. The standard InChI is InChI=1S/C23H29N5O/c1-16-7-5-6-8-21(16)26-11-13-27(14-12-26)23(29)10-9-20-18(3)24-22-15-17(2)25-28(22)19(20)4/h5-8,15H,9-14H2,1-4H3. The van der Waals surface area contributed by atoms with Crippen LogP contribution in [0.4, 0.5) is 5.69 Å². The van der Waals surface area contributed by atoms with E-state index in [1.54, 1.807) is 0 Å². The quantitative estimate of drug-likeness (QED) is 0.685. The zero-order chi connectivity index (χ0) is 20.5. The van der Waals surface area contributed by atoms with Gasteiger partial charge >= 0.3 is 0 Å². The van der Waals surface area contributed by atoms with Crippen molar-refractivity contribution >= 4 is 17.2 Å². The third-order valence-electron chi connectivity index (χ3n) is 5.96. The third kappa shape index (κ3) is 3.84. The minimum atomic E-state index is 0.227. The first-order valence-corrected chi connectivity index (χ1v) is 10.3. The molecule has 6 heteroatoms. The Morgan fingerprint density at radius 2 is 1.76 bits per heavy atom. The van der Waals surface area contributed by atoms with Gasteiger partial charge in [0.05, 0.1) is 5.69 Å². The summed E-state index contributed by atoms with van der Waals surface area (Å²) in [5, 5.41) is 4.53. The summed E-state index contributed by atoms with van der Waals surface area (Å²) in [6, 6.07) is 10.4. The van der Waals surface area contributed by atoms with Gasteiger partial charge < -0.3 is 9.80 Å². The fourth-order valence-corrected chi connectivity index (χ4v) is 4.31. The Kier molecular flexibility index (Phi) is 5.26. The number of fused-ring (bicyclic) bond motifs is 1. The molecule has 152 valence electrons. The van der Waals surface area contributed by atoms with E-state index in [0.717, 1.165) is 54.5 Å². The van der Waals surface area contributed by atoms with Gasteiger partial charge in [-0.2, -0.15) is 5.10 Å². The number of benzene rings is 1. The van der Waals surface area contributed by atoms with Gasteiger partial charge in [-0.15, -0.1) is 0 Å². The number of hydrogen-bond donors (Lipinski definition) is 0. The molecule has 3 heterocycles. The van der Waals surface area contributed by atoms with Crippen molar-refractivity contribution in [1.29, 1.82) is 0 Å². The van der Waals surface area contributed by atoms with Crippen LogP contribution in [0.2, 0.25) is 0 Å². The molecule has 0 radical (unpaired) electrons. The summed E-state index contributed by atoms with van der Waals surface area (Å²) in [6.45, 7) is 11.5. The van der Waals surface area contributed by atoms with Crippen LogP contribution in [0.25, 0.3) is 5.65 Å². The van der Waals surface area contributed by atoms with Crippen molar-refractivity contribution in [2.24, 2.45) is 0 Å². The average molecular weight is 392 g/mol. The van der Waals surface area contributed by atoms with Gasteiger partial charge in [0.2, 0.25) is 5.91 Å². The van der Waals surface area contributed by atoms with Gasteiger partial charge in [-0.05, 0) is 51.3 Å². The molecule has 3 aromatic rings. The van der Waals surface area contributed by atoms with Crippen molar-refractivity contribution in [3.8, 4) is 0 Å². The molecule has 1 fully saturated rings. The molecule has 0 aliphatic carbocycles. The molecule has 0 bridgehead atoms. The number of carbonyl (C=O) groups excluding carboxylic acids is 1. The number of rotatable bonds is 4. The second kappa shape index (κ2) is 7.85. The molecule has 0 spiro atoms. The molecule has 1 aliphatic rings. The molecule has 0 unspecified atom stereocenters. The minimum Gasteiger partial charge on any atom is -0.368 e. The van der Waals surface area contributed by atoms with Gasteiger partial charge in [0.25, 0.3) is 0 Å². The first-order valence-electron chi connectivity index (χ1n) is 10.3. The maximum Gasteiger partial charge on any atom is 0.223 e. The van der Waals surface area contributed by atoms with Crippen molar-refractivity contribution in [2.75, 3.05) is 31.1 Å².